The molecule has 0 aliphatic heterocycles. The third kappa shape index (κ3) is 7.41. The third-order valence-corrected chi connectivity index (χ3v) is 4.09. The van der Waals surface area contributed by atoms with Gasteiger partial charge in [-0.05, 0) is 37.3 Å². The number of halogens is 1. The fourth-order valence-corrected chi connectivity index (χ4v) is 2.65. The monoisotopic (exact) mass is 452 g/mol. The van der Waals surface area contributed by atoms with Crippen LogP contribution in [-0.4, -0.2) is 24.0 Å². The summed E-state index contributed by atoms with van der Waals surface area (Å²) in [5.74, 6) is -1.40. The molecule has 1 atom stereocenters. The van der Waals surface area contributed by atoms with Crippen LogP contribution in [0, 0.1) is 0 Å². The summed E-state index contributed by atoms with van der Waals surface area (Å²) in [6, 6.07) is 20.7. The number of pyridine rings is 1. The number of aromatic nitrogens is 1. The van der Waals surface area contributed by atoms with Gasteiger partial charge in [0.15, 0.2) is 12.4 Å². The van der Waals surface area contributed by atoms with E-state index in [0.29, 0.717) is 11.3 Å². The van der Waals surface area contributed by atoms with Crippen molar-refractivity contribution in [3.05, 3.63) is 96.3 Å². The SMILES string of the molecule is CC(/N=N/C(=O)c1ccc[n+](CC(=O)Nc2ccccc2)c1)OC(=O)c1ccccc1.[Cl-]. The fourth-order valence-electron chi connectivity index (χ4n) is 2.65. The van der Waals surface area contributed by atoms with Gasteiger partial charge in [0.25, 0.3) is 5.91 Å². The van der Waals surface area contributed by atoms with Gasteiger partial charge in [-0.3, -0.25) is 9.59 Å². The van der Waals surface area contributed by atoms with Gasteiger partial charge in [-0.25, -0.2) is 4.79 Å². The van der Waals surface area contributed by atoms with Crippen molar-refractivity contribution >= 4 is 23.5 Å². The minimum Gasteiger partial charge on any atom is -1.00 e. The lowest BCUT2D eigenvalue weighted by molar-refractivity contribution is -0.684. The number of nitrogens with zero attached hydrogens (tertiary/aromatic N) is 3. The molecule has 0 saturated carbocycles. The van der Waals surface area contributed by atoms with Gasteiger partial charge in [0.2, 0.25) is 12.8 Å². The Balaban J connectivity index is 0.00000363. The number of carbonyl (C=O) groups excluding carboxylic acids is 3. The number of hydrogen-bond acceptors (Lipinski definition) is 5. The molecule has 2 amide bonds. The first-order valence-electron chi connectivity index (χ1n) is 9.56. The highest BCUT2D eigenvalue weighted by Gasteiger charge is 2.15. The summed E-state index contributed by atoms with van der Waals surface area (Å²) in [5.41, 5.74) is 1.32. The van der Waals surface area contributed by atoms with Crippen LogP contribution < -0.4 is 22.3 Å². The number of nitrogens with one attached hydrogen (secondary N) is 1. The van der Waals surface area contributed by atoms with E-state index in [9.17, 15) is 14.4 Å². The molecule has 0 aliphatic rings. The van der Waals surface area contributed by atoms with E-state index in [1.54, 1.807) is 65.4 Å². The molecule has 164 valence electrons. The van der Waals surface area contributed by atoms with Crippen LogP contribution in [0.5, 0.6) is 0 Å². The van der Waals surface area contributed by atoms with Gasteiger partial charge in [0, 0.05) is 11.8 Å². The Bertz CT molecular complexity index is 1090. The van der Waals surface area contributed by atoms with E-state index in [1.807, 2.05) is 18.2 Å². The minimum atomic E-state index is -0.927. The number of carbonyl (C=O) groups is 3. The molecule has 0 saturated heterocycles. The lowest BCUT2D eigenvalue weighted by Gasteiger charge is -2.07. The Morgan fingerprint density at radius 3 is 2.25 bits per heavy atom. The highest BCUT2D eigenvalue weighted by atomic mass is 35.5. The van der Waals surface area contributed by atoms with Crippen LogP contribution >= 0.6 is 0 Å². The number of benzene rings is 2. The molecule has 0 bridgehead atoms. The molecule has 0 aliphatic carbocycles. The Morgan fingerprint density at radius 2 is 1.56 bits per heavy atom. The summed E-state index contributed by atoms with van der Waals surface area (Å²) in [6.07, 6.45) is 2.25. The lowest BCUT2D eigenvalue weighted by Crippen LogP contribution is -3.00. The molecule has 0 spiro atoms. The average molecular weight is 453 g/mol. The number of esters is 1. The lowest BCUT2D eigenvalue weighted by atomic mass is 10.2. The number of azo groups is 1. The number of ether oxygens (including phenoxy) is 1. The van der Waals surface area contributed by atoms with Gasteiger partial charge in [-0.1, -0.05) is 36.4 Å². The van der Waals surface area contributed by atoms with Gasteiger partial charge in [0.1, 0.15) is 5.56 Å². The van der Waals surface area contributed by atoms with E-state index >= 15 is 0 Å². The van der Waals surface area contributed by atoms with Gasteiger partial charge in [0.05, 0.1) is 5.56 Å². The molecule has 1 aromatic heterocycles. The molecular weight excluding hydrogens is 432 g/mol. The maximum atomic E-state index is 12.3. The summed E-state index contributed by atoms with van der Waals surface area (Å²) >= 11 is 0. The summed E-state index contributed by atoms with van der Waals surface area (Å²) in [6.45, 7) is 1.54. The average Bonchev–Trinajstić information content (AvgIpc) is 2.78. The van der Waals surface area contributed by atoms with Crippen molar-refractivity contribution in [1.29, 1.82) is 0 Å². The van der Waals surface area contributed by atoms with Crippen molar-refractivity contribution in [2.45, 2.75) is 19.7 Å². The first-order chi connectivity index (χ1) is 15.0. The first kappa shape index (κ1) is 24.4. The number of amides is 2. The number of hydrogen-bond donors (Lipinski definition) is 1. The normalized spacial score (nSPS) is 11.3. The fraction of sp³-hybridized carbons (Fsp3) is 0.130. The van der Waals surface area contributed by atoms with Crippen LogP contribution in [0.4, 0.5) is 5.69 Å². The van der Waals surface area contributed by atoms with E-state index < -0.39 is 18.1 Å². The molecule has 8 nitrogen and oxygen atoms in total. The molecule has 3 rings (SSSR count). The van der Waals surface area contributed by atoms with Gasteiger partial charge in [-0.15, -0.1) is 10.2 Å². The maximum Gasteiger partial charge on any atom is 0.340 e. The Labute approximate surface area is 191 Å². The first-order valence-corrected chi connectivity index (χ1v) is 9.56. The highest BCUT2D eigenvalue weighted by molar-refractivity contribution is 5.94. The number of rotatable bonds is 7. The summed E-state index contributed by atoms with van der Waals surface area (Å²) < 4.78 is 6.72. The van der Waals surface area contributed by atoms with Crippen LogP contribution in [0.2, 0.25) is 0 Å². The second kappa shape index (κ2) is 12.1. The van der Waals surface area contributed by atoms with Gasteiger partial charge >= 0.3 is 11.9 Å². The predicted octanol–water partition coefficient (Wildman–Crippen LogP) is 0.412. The summed E-state index contributed by atoms with van der Waals surface area (Å²) in [4.78, 5) is 36.5. The van der Waals surface area contributed by atoms with Gasteiger partial charge < -0.3 is 22.5 Å². The molecular formula is C23H21ClN4O4. The molecule has 9 heteroatoms. The quantitative estimate of drug-likeness (QED) is 0.319. The Hall–Kier alpha value is -3.91. The second-order valence-electron chi connectivity index (χ2n) is 6.57. The number of para-hydroxylation sites is 1. The molecule has 1 heterocycles. The molecule has 3 aromatic rings. The van der Waals surface area contributed by atoms with E-state index in [4.69, 9.17) is 4.74 Å². The molecule has 1 N–H and O–H groups in total. The van der Waals surface area contributed by atoms with E-state index in [1.165, 1.54) is 13.1 Å². The van der Waals surface area contributed by atoms with Crippen LogP contribution in [0.25, 0.3) is 0 Å². The molecule has 0 radical (unpaired) electrons. The van der Waals surface area contributed by atoms with E-state index in [0.717, 1.165) is 0 Å². The molecule has 32 heavy (non-hydrogen) atoms. The van der Waals surface area contributed by atoms with Crippen molar-refractivity contribution in [3.8, 4) is 0 Å². The highest BCUT2D eigenvalue weighted by Crippen LogP contribution is 2.07. The summed E-state index contributed by atoms with van der Waals surface area (Å²) in [5, 5.41) is 10.2. The Morgan fingerprint density at radius 1 is 0.938 bits per heavy atom. The third-order valence-electron chi connectivity index (χ3n) is 4.09. The van der Waals surface area contributed by atoms with Crippen molar-refractivity contribution < 1.29 is 36.1 Å². The molecule has 0 fully saturated rings. The van der Waals surface area contributed by atoms with Crippen molar-refractivity contribution in [2.24, 2.45) is 10.2 Å². The second-order valence-corrected chi connectivity index (χ2v) is 6.57. The topological polar surface area (TPSA) is 101 Å². The van der Waals surface area contributed by atoms with Crippen LogP contribution in [-0.2, 0) is 16.1 Å². The smallest absolute Gasteiger partial charge is 0.340 e. The Kier molecular flexibility index (Phi) is 9.19. The van der Waals surface area contributed by atoms with Crippen molar-refractivity contribution in [2.75, 3.05) is 5.32 Å². The van der Waals surface area contributed by atoms with E-state index in [2.05, 4.69) is 15.5 Å². The molecule has 2 aromatic carbocycles. The molecule has 1 unspecified atom stereocenters. The van der Waals surface area contributed by atoms with Gasteiger partial charge in [-0.2, -0.15) is 4.57 Å². The maximum absolute atomic E-state index is 12.3. The predicted molar refractivity (Wildman–Crippen MR) is 112 cm³/mol. The zero-order valence-electron chi connectivity index (χ0n) is 17.2. The standard InChI is InChI=1S/C23H20N4O4.ClH/c1-17(31-23(30)18-9-4-2-5-10-18)25-26-22(29)19-11-8-14-27(15-19)16-21(28)24-20-12-6-3-7-13-20;/h2-15,17H,16H2,1H3;1H/b26-25+;. The van der Waals surface area contributed by atoms with Crippen LogP contribution in [0.1, 0.15) is 27.6 Å². The van der Waals surface area contributed by atoms with Crippen molar-refractivity contribution in [1.82, 2.24) is 0 Å². The summed E-state index contributed by atoms with van der Waals surface area (Å²) in [7, 11) is 0. The van der Waals surface area contributed by atoms with Crippen LogP contribution in [0.15, 0.2) is 95.4 Å². The van der Waals surface area contributed by atoms with E-state index in [-0.39, 0.29) is 30.4 Å². The minimum absolute atomic E-state index is 0. The zero-order valence-corrected chi connectivity index (χ0v) is 18.0. The van der Waals surface area contributed by atoms with Crippen LogP contribution in [0.3, 0.4) is 0 Å². The van der Waals surface area contributed by atoms with Crippen molar-refractivity contribution in [3.63, 3.8) is 0 Å². The largest absolute Gasteiger partial charge is 1.00 e. The number of anilines is 1. The zero-order chi connectivity index (χ0) is 22.1.